The Bertz CT molecular complexity index is 514. The zero-order chi connectivity index (χ0) is 14.0. The van der Waals surface area contributed by atoms with Gasteiger partial charge in [0.2, 0.25) is 5.91 Å². The van der Waals surface area contributed by atoms with Crippen molar-refractivity contribution < 1.29 is 24.5 Å². The van der Waals surface area contributed by atoms with Gasteiger partial charge in [-0.1, -0.05) is 18.2 Å². The molecule has 6 nitrogen and oxygen atoms in total. The first-order chi connectivity index (χ1) is 9.04. The molecule has 0 bridgehead atoms. The van der Waals surface area contributed by atoms with Gasteiger partial charge in [0.15, 0.2) is 6.10 Å². The molecule has 0 aromatic heterocycles. The van der Waals surface area contributed by atoms with Crippen LogP contribution in [0, 0.1) is 0 Å². The zero-order valence-corrected chi connectivity index (χ0v) is 10.4. The Balaban J connectivity index is 2.25. The number of amides is 1. The SMILES string of the molecule is CCOC(=O)C(O)C(O)c1cccc2c1NC(=O)C2. The Morgan fingerprint density at radius 1 is 1.47 bits per heavy atom. The first kappa shape index (κ1) is 13.5. The number of hydrogen-bond donors (Lipinski definition) is 3. The molecule has 0 saturated heterocycles. The lowest BCUT2D eigenvalue weighted by Crippen LogP contribution is -2.30. The summed E-state index contributed by atoms with van der Waals surface area (Å²) in [6.07, 6.45) is -2.89. The standard InChI is InChI=1S/C13H15NO5/c1-2-19-13(18)12(17)11(16)8-5-3-4-7-6-9(15)14-10(7)8/h3-5,11-12,16-17H,2,6H2,1H3,(H,14,15). The van der Waals surface area contributed by atoms with Crippen LogP contribution in [0.1, 0.15) is 24.2 Å². The summed E-state index contributed by atoms with van der Waals surface area (Å²) < 4.78 is 4.65. The van der Waals surface area contributed by atoms with Gasteiger partial charge >= 0.3 is 5.97 Å². The number of aliphatic hydroxyl groups is 2. The van der Waals surface area contributed by atoms with Crippen molar-refractivity contribution in [2.45, 2.75) is 25.6 Å². The van der Waals surface area contributed by atoms with E-state index in [0.717, 1.165) is 5.56 Å². The Kier molecular flexibility index (Phi) is 3.82. The average molecular weight is 265 g/mol. The van der Waals surface area contributed by atoms with E-state index in [1.807, 2.05) is 0 Å². The third-order valence-corrected chi connectivity index (χ3v) is 2.94. The molecule has 6 heteroatoms. The van der Waals surface area contributed by atoms with Gasteiger partial charge < -0.3 is 20.3 Å². The minimum atomic E-state index is -1.68. The predicted molar refractivity (Wildman–Crippen MR) is 66.4 cm³/mol. The molecule has 0 spiro atoms. The van der Waals surface area contributed by atoms with Crippen LogP contribution in [-0.2, 0) is 20.7 Å². The van der Waals surface area contributed by atoms with E-state index in [9.17, 15) is 19.8 Å². The molecule has 1 heterocycles. The highest BCUT2D eigenvalue weighted by molar-refractivity contribution is 6.00. The van der Waals surface area contributed by atoms with E-state index in [2.05, 4.69) is 10.1 Å². The van der Waals surface area contributed by atoms with E-state index < -0.39 is 18.2 Å². The molecule has 0 radical (unpaired) electrons. The van der Waals surface area contributed by atoms with Crippen molar-refractivity contribution >= 4 is 17.6 Å². The monoisotopic (exact) mass is 265 g/mol. The zero-order valence-electron chi connectivity index (χ0n) is 10.4. The third-order valence-electron chi connectivity index (χ3n) is 2.94. The van der Waals surface area contributed by atoms with Crippen LogP contribution in [0.4, 0.5) is 5.69 Å². The number of fused-ring (bicyclic) bond motifs is 1. The fourth-order valence-corrected chi connectivity index (χ4v) is 2.05. The molecular formula is C13H15NO5. The molecule has 0 fully saturated rings. The number of anilines is 1. The highest BCUT2D eigenvalue weighted by atomic mass is 16.5. The molecule has 0 saturated carbocycles. The van der Waals surface area contributed by atoms with Crippen molar-refractivity contribution in [1.82, 2.24) is 0 Å². The summed E-state index contributed by atoms with van der Waals surface area (Å²) in [5, 5.41) is 22.4. The number of carbonyl (C=O) groups excluding carboxylic acids is 2. The second-order valence-electron chi connectivity index (χ2n) is 4.25. The maximum absolute atomic E-state index is 11.4. The van der Waals surface area contributed by atoms with Crippen LogP contribution in [0.5, 0.6) is 0 Å². The van der Waals surface area contributed by atoms with Gasteiger partial charge in [0.05, 0.1) is 18.7 Å². The maximum Gasteiger partial charge on any atom is 0.338 e. The Morgan fingerprint density at radius 3 is 2.89 bits per heavy atom. The molecule has 2 atom stereocenters. The van der Waals surface area contributed by atoms with Crippen molar-refractivity contribution in [3.63, 3.8) is 0 Å². The smallest absolute Gasteiger partial charge is 0.338 e. The minimum absolute atomic E-state index is 0.117. The summed E-state index contributed by atoms with van der Waals surface area (Å²) >= 11 is 0. The second-order valence-corrected chi connectivity index (χ2v) is 4.25. The second kappa shape index (κ2) is 5.38. The van der Waals surface area contributed by atoms with Crippen LogP contribution in [0.25, 0.3) is 0 Å². The number of ether oxygens (including phenoxy) is 1. The molecule has 2 unspecified atom stereocenters. The normalized spacial score (nSPS) is 16.5. The summed E-state index contributed by atoms with van der Waals surface area (Å²) in [5.74, 6) is -1.07. The Hall–Kier alpha value is -1.92. The lowest BCUT2D eigenvalue weighted by atomic mass is 9.99. The van der Waals surface area contributed by atoms with Gasteiger partial charge in [0.25, 0.3) is 0 Å². The van der Waals surface area contributed by atoms with Gasteiger partial charge in [-0.25, -0.2) is 4.79 Å². The largest absolute Gasteiger partial charge is 0.464 e. The first-order valence-electron chi connectivity index (χ1n) is 5.99. The van der Waals surface area contributed by atoms with Crippen LogP contribution in [0.3, 0.4) is 0 Å². The Morgan fingerprint density at radius 2 is 2.21 bits per heavy atom. The van der Waals surface area contributed by atoms with Crippen LogP contribution >= 0.6 is 0 Å². The molecule has 0 aliphatic carbocycles. The number of carbonyl (C=O) groups is 2. The summed E-state index contributed by atoms with van der Waals surface area (Å²) in [4.78, 5) is 22.7. The van der Waals surface area contributed by atoms with Gasteiger partial charge in [-0.2, -0.15) is 0 Å². The van der Waals surface area contributed by atoms with E-state index in [1.54, 1.807) is 25.1 Å². The van der Waals surface area contributed by atoms with Crippen molar-refractivity contribution in [2.24, 2.45) is 0 Å². The Labute approximate surface area is 110 Å². The van der Waals surface area contributed by atoms with Crippen molar-refractivity contribution in [3.05, 3.63) is 29.3 Å². The van der Waals surface area contributed by atoms with Gasteiger partial charge in [-0.05, 0) is 12.5 Å². The van der Waals surface area contributed by atoms with Gasteiger partial charge in [-0.3, -0.25) is 4.79 Å². The van der Waals surface area contributed by atoms with Crippen LogP contribution in [-0.4, -0.2) is 34.8 Å². The number of rotatable bonds is 4. The van der Waals surface area contributed by atoms with Crippen LogP contribution in [0.15, 0.2) is 18.2 Å². The predicted octanol–water partition coefficient (Wildman–Crippen LogP) is 0.139. The lowest BCUT2D eigenvalue weighted by Gasteiger charge is -2.19. The number of benzene rings is 1. The van der Waals surface area contributed by atoms with E-state index in [-0.39, 0.29) is 18.9 Å². The van der Waals surface area contributed by atoms with Crippen molar-refractivity contribution in [2.75, 3.05) is 11.9 Å². The van der Waals surface area contributed by atoms with Gasteiger partial charge in [-0.15, -0.1) is 0 Å². The lowest BCUT2D eigenvalue weighted by molar-refractivity contribution is -0.159. The van der Waals surface area contributed by atoms with Crippen molar-refractivity contribution in [1.29, 1.82) is 0 Å². The average Bonchev–Trinajstić information content (AvgIpc) is 2.77. The molecule has 2 rings (SSSR count). The van der Waals surface area contributed by atoms with E-state index in [4.69, 9.17) is 0 Å². The summed E-state index contributed by atoms with van der Waals surface area (Å²) in [6, 6.07) is 4.97. The topological polar surface area (TPSA) is 95.9 Å². The van der Waals surface area contributed by atoms with E-state index in [0.29, 0.717) is 11.3 Å². The molecule has 19 heavy (non-hydrogen) atoms. The molecule has 3 N–H and O–H groups in total. The molecule has 1 aromatic rings. The highest BCUT2D eigenvalue weighted by Crippen LogP contribution is 2.32. The highest BCUT2D eigenvalue weighted by Gasteiger charge is 2.31. The molecule has 1 aromatic carbocycles. The fraction of sp³-hybridized carbons (Fsp3) is 0.385. The minimum Gasteiger partial charge on any atom is -0.464 e. The summed E-state index contributed by atoms with van der Waals surface area (Å²) in [6.45, 7) is 1.73. The fourth-order valence-electron chi connectivity index (χ4n) is 2.05. The summed E-state index contributed by atoms with van der Waals surface area (Å²) in [5.41, 5.74) is 1.50. The number of para-hydroxylation sites is 1. The quantitative estimate of drug-likeness (QED) is 0.673. The summed E-state index contributed by atoms with van der Waals surface area (Å²) in [7, 11) is 0. The first-order valence-corrected chi connectivity index (χ1v) is 5.99. The van der Waals surface area contributed by atoms with Crippen LogP contribution < -0.4 is 5.32 Å². The van der Waals surface area contributed by atoms with Gasteiger partial charge in [0.1, 0.15) is 6.10 Å². The maximum atomic E-state index is 11.4. The molecule has 1 aliphatic rings. The van der Waals surface area contributed by atoms with Crippen molar-refractivity contribution in [3.8, 4) is 0 Å². The molecule has 1 aliphatic heterocycles. The molecule has 1 amide bonds. The molecule has 102 valence electrons. The molecular weight excluding hydrogens is 250 g/mol. The van der Waals surface area contributed by atoms with Gasteiger partial charge in [0, 0.05) is 5.56 Å². The number of nitrogens with one attached hydrogen (secondary N) is 1. The number of esters is 1. The third kappa shape index (κ3) is 2.59. The van der Waals surface area contributed by atoms with E-state index >= 15 is 0 Å². The van der Waals surface area contributed by atoms with Crippen LogP contribution in [0.2, 0.25) is 0 Å². The number of aliphatic hydroxyl groups excluding tert-OH is 2. The number of hydrogen-bond acceptors (Lipinski definition) is 5. The van der Waals surface area contributed by atoms with E-state index in [1.165, 1.54) is 0 Å².